The number of carbonyl (C=O) groups is 2. The molecule has 1 N–H and O–H groups in total. The van der Waals surface area contributed by atoms with Gasteiger partial charge in [-0.05, 0) is 31.9 Å². The lowest BCUT2D eigenvalue weighted by Crippen LogP contribution is -2.82. The van der Waals surface area contributed by atoms with E-state index in [1.807, 2.05) is 11.0 Å². The van der Waals surface area contributed by atoms with Crippen LogP contribution >= 0.6 is 0 Å². The van der Waals surface area contributed by atoms with E-state index >= 15 is 0 Å². The lowest BCUT2D eigenvalue weighted by Gasteiger charge is -2.59. The molecule has 7 nitrogen and oxygen atoms in total. The molecule has 3 fully saturated rings. The van der Waals surface area contributed by atoms with Crippen LogP contribution in [0.1, 0.15) is 25.8 Å². The number of imide groups is 1. The number of likely N-dealkylation sites (tertiary alicyclic amines) is 1. The number of fused-ring (bicyclic) bond motifs is 2. The Labute approximate surface area is 147 Å². The van der Waals surface area contributed by atoms with Crippen molar-refractivity contribution in [3.8, 4) is 0 Å². The molecule has 1 aromatic rings. The van der Waals surface area contributed by atoms with E-state index in [0.717, 1.165) is 5.56 Å². The van der Waals surface area contributed by atoms with E-state index in [1.165, 1.54) is 4.90 Å². The minimum absolute atomic E-state index is 0.136. The molecule has 0 aromatic carbocycles. The van der Waals surface area contributed by atoms with E-state index < -0.39 is 17.7 Å². The molecule has 7 heteroatoms. The van der Waals surface area contributed by atoms with E-state index in [4.69, 9.17) is 0 Å². The summed E-state index contributed by atoms with van der Waals surface area (Å²) in [6.45, 7) is 6.08. The Bertz CT molecular complexity index is 687. The largest absolute Gasteiger partial charge is 0.392 e. The predicted octanol–water partition coefficient (Wildman–Crippen LogP) is -0.152. The molecule has 0 unspecified atom stereocenters. The molecule has 0 radical (unpaired) electrons. The maximum absolute atomic E-state index is 13.3. The van der Waals surface area contributed by atoms with Gasteiger partial charge in [0.2, 0.25) is 5.91 Å². The van der Waals surface area contributed by atoms with Crippen molar-refractivity contribution in [2.45, 2.75) is 50.5 Å². The first-order valence-electron chi connectivity index (χ1n) is 8.86. The van der Waals surface area contributed by atoms with Gasteiger partial charge in [-0.1, -0.05) is 6.07 Å². The molecule has 3 saturated heterocycles. The number of aliphatic hydroxyl groups excluding tert-OH is 1. The molecule has 2 atom stereocenters. The van der Waals surface area contributed by atoms with Crippen LogP contribution in [0.25, 0.3) is 0 Å². The quantitative estimate of drug-likeness (QED) is 0.769. The summed E-state index contributed by atoms with van der Waals surface area (Å²) in [4.78, 5) is 35.9. The van der Waals surface area contributed by atoms with Crippen LogP contribution in [0.5, 0.6) is 0 Å². The zero-order chi connectivity index (χ0) is 17.8. The summed E-state index contributed by atoms with van der Waals surface area (Å²) in [6, 6.07) is 3.63. The highest BCUT2D eigenvalue weighted by Crippen LogP contribution is 2.41. The van der Waals surface area contributed by atoms with Gasteiger partial charge in [0.15, 0.2) is 0 Å². The first kappa shape index (κ1) is 16.6. The number of hydrogen-bond acceptors (Lipinski definition) is 6. The molecule has 4 heterocycles. The molecule has 0 bridgehead atoms. The number of carbonyl (C=O) groups excluding carboxylic acids is 2. The third-order valence-electron chi connectivity index (χ3n) is 5.75. The molecule has 3 aliphatic heterocycles. The second-order valence-electron chi connectivity index (χ2n) is 7.68. The molecule has 25 heavy (non-hydrogen) atoms. The number of amides is 2. The summed E-state index contributed by atoms with van der Waals surface area (Å²) in [7, 11) is 0. The van der Waals surface area contributed by atoms with Crippen LogP contribution < -0.4 is 0 Å². The number of aliphatic hydroxyl groups is 1. The number of aromatic nitrogens is 1. The second-order valence-corrected chi connectivity index (χ2v) is 7.68. The van der Waals surface area contributed by atoms with Gasteiger partial charge in [-0.3, -0.25) is 29.3 Å². The molecule has 3 aliphatic rings. The van der Waals surface area contributed by atoms with Gasteiger partial charge < -0.3 is 5.11 Å². The number of nitrogens with zero attached hydrogens (tertiary/aromatic N) is 4. The minimum atomic E-state index is -0.678. The number of β-amino-alcohol motifs (C(OH)–C–C–N with tert-alkyl or cyclic N) is 1. The topological polar surface area (TPSA) is 77.0 Å². The molecule has 1 aromatic heterocycles. The lowest BCUT2D eigenvalue weighted by molar-refractivity contribution is -0.182. The van der Waals surface area contributed by atoms with Crippen molar-refractivity contribution in [1.82, 2.24) is 19.7 Å². The zero-order valence-corrected chi connectivity index (χ0v) is 14.6. The van der Waals surface area contributed by atoms with E-state index in [9.17, 15) is 14.7 Å². The number of pyridine rings is 1. The van der Waals surface area contributed by atoms with Crippen molar-refractivity contribution in [3.63, 3.8) is 0 Å². The van der Waals surface area contributed by atoms with Crippen LogP contribution in [-0.4, -0.2) is 80.0 Å². The third-order valence-corrected chi connectivity index (χ3v) is 5.75. The van der Waals surface area contributed by atoms with Gasteiger partial charge >= 0.3 is 0 Å². The van der Waals surface area contributed by atoms with E-state index in [-0.39, 0.29) is 18.4 Å². The Morgan fingerprint density at radius 1 is 1.36 bits per heavy atom. The van der Waals surface area contributed by atoms with Crippen LogP contribution in [0.3, 0.4) is 0 Å². The summed E-state index contributed by atoms with van der Waals surface area (Å²) >= 11 is 0. The number of piperazine rings is 1. The summed E-state index contributed by atoms with van der Waals surface area (Å²) in [6.07, 6.45) is 3.21. The first-order valence-corrected chi connectivity index (χ1v) is 8.86. The normalized spacial score (nSPS) is 29.4. The van der Waals surface area contributed by atoms with E-state index in [0.29, 0.717) is 32.1 Å². The van der Waals surface area contributed by atoms with Crippen molar-refractivity contribution in [3.05, 3.63) is 30.1 Å². The maximum atomic E-state index is 13.3. The zero-order valence-electron chi connectivity index (χ0n) is 14.6. The smallest absolute Gasteiger partial charge is 0.252 e. The molecule has 2 amide bonds. The average Bonchev–Trinajstić information content (AvgIpc) is 2.93. The Balaban J connectivity index is 1.65. The molecular weight excluding hydrogens is 320 g/mol. The van der Waals surface area contributed by atoms with Crippen molar-refractivity contribution in [2.24, 2.45) is 0 Å². The molecule has 134 valence electrons. The van der Waals surface area contributed by atoms with Crippen molar-refractivity contribution in [1.29, 1.82) is 0 Å². The van der Waals surface area contributed by atoms with Gasteiger partial charge in [0.1, 0.15) is 5.54 Å². The maximum Gasteiger partial charge on any atom is 0.252 e. The Morgan fingerprint density at radius 2 is 2.12 bits per heavy atom. The van der Waals surface area contributed by atoms with Crippen LogP contribution in [0.15, 0.2) is 24.5 Å². The Hall–Kier alpha value is -1.83. The van der Waals surface area contributed by atoms with Crippen LogP contribution in [0.2, 0.25) is 0 Å². The lowest BCUT2D eigenvalue weighted by atomic mass is 9.81. The SMILES string of the molecule is CC(C)N1CC2(C1)C(=O)N(Cc1cccnc1)C(=O)[C@@H]1C[C@@H](O)CN12. The Morgan fingerprint density at radius 3 is 2.76 bits per heavy atom. The summed E-state index contributed by atoms with van der Waals surface area (Å²) in [5, 5.41) is 10.1. The van der Waals surface area contributed by atoms with Gasteiger partial charge in [0.05, 0.1) is 18.7 Å². The minimum Gasteiger partial charge on any atom is -0.392 e. The molecule has 4 rings (SSSR count). The second kappa shape index (κ2) is 5.86. The molecule has 0 saturated carbocycles. The van der Waals surface area contributed by atoms with Crippen molar-refractivity contribution in [2.75, 3.05) is 19.6 Å². The highest BCUT2D eigenvalue weighted by Gasteiger charge is 2.64. The predicted molar refractivity (Wildman–Crippen MR) is 90.4 cm³/mol. The highest BCUT2D eigenvalue weighted by molar-refractivity contribution is 6.06. The number of rotatable bonds is 3. The van der Waals surface area contributed by atoms with E-state index in [1.54, 1.807) is 18.5 Å². The van der Waals surface area contributed by atoms with Crippen LogP contribution in [0, 0.1) is 0 Å². The highest BCUT2D eigenvalue weighted by atomic mass is 16.3. The monoisotopic (exact) mass is 344 g/mol. The average molecular weight is 344 g/mol. The first-order chi connectivity index (χ1) is 11.9. The van der Waals surface area contributed by atoms with Gasteiger partial charge in [-0.25, -0.2) is 0 Å². The van der Waals surface area contributed by atoms with Gasteiger partial charge in [0, 0.05) is 38.1 Å². The fourth-order valence-electron chi connectivity index (χ4n) is 4.31. The fourth-order valence-corrected chi connectivity index (χ4v) is 4.31. The van der Waals surface area contributed by atoms with Crippen molar-refractivity contribution < 1.29 is 14.7 Å². The molecule has 0 aliphatic carbocycles. The Kier molecular flexibility index (Phi) is 3.90. The summed E-state index contributed by atoms with van der Waals surface area (Å²) in [5.74, 6) is -0.331. The van der Waals surface area contributed by atoms with Crippen LogP contribution in [-0.2, 0) is 16.1 Å². The van der Waals surface area contributed by atoms with Crippen LogP contribution in [0.4, 0.5) is 0 Å². The van der Waals surface area contributed by atoms with Gasteiger partial charge in [-0.15, -0.1) is 0 Å². The molecular formula is C18H24N4O3. The summed E-state index contributed by atoms with van der Waals surface area (Å²) in [5.41, 5.74) is 0.161. The molecule has 1 spiro atoms. The third kappa shape index (κ3) is 2.49. The van der Waals surface area contributed by atoms with E-state index in [2.05, 4.69) is 23.7 Å². The fraction of sp³-hybridized carbons (Fsp3) is 0.611. The standard InChI is InChI=1S/C18H24N4O3/c1-12(2)20-10-18(11-20)17(25)21(8-13-4-3-5-19-7-13)16(24)15-6-14(23)9-22(15)18/h3-5,7,12,14-15,23H,6,8-11H2,1-2H3/t14-,15+/m1/s1. The van der Waals surface area contributed by atoms with Gasteiger partial charge in [-0.2, -0.15) is 0 Å². The van der Waals surface area contributed by atoms with Crippen molar-refractivity contribution >= 4 is 11.8 Å². The van der Waals surface area contributed by atoms with Gasteiger partial charge in [0.25, 0.3) is 5.91 Å². The number of hydrogen-bond donors (Lipinski definition) is 1. The summed E-state index contributed by atoms with van der Waals surface area (Å²) < 4.78 is 0.